The maximum Gasteiger partial charge on any atom is 0.264 e. The summed E-state index contributed by atoms with van der Waals surface area (Å²) >= 11 is 0. The van der Waals surface area contributed by atoms with Crippen molar-refractivity contribution in [3.63, 3.8) is 0 Å². The van der Waals surface area contributed by atoms with E-state index in [9.17, 15) is 13.2 Å². The number of hydrogen-bond acceptors (Lipinski definition) is 5. The van der Waals surface area contributed by atoms with E-state index in [4.69, 9.17) is 4.74 Å². The summed E-state index contributed by atoms with van der Waals surface area (Å²) in [6.45, 7) is 4.82. The fourth-order valence-corrected chi connectivity index (χ4v) is 6.17. The van der Waals surface area contributed by atoms with Crippen molar-refractivity contribution in [3.05, 3.63) is 131 Å². The van der Waals surface area contributed by atoms with Gasteiger partial charge in [-0.15, -0.1) is 0 Å². The van der Waals surface area contributed by atoms with Crippen LogP contribution in [-0.2, 0) is 34.4 Å². The fraction of sp³-hybridized carbons (Fsp3) is 0.219. The number of nitrogens with zero attached hydrogens (tertiary/aromatic N) is 2. The molecule has 1 saturated heterocycles. The predicted molar refractivity (Wildman–Crippen MR) is 156 cm³/mol. The van der Waals surface area contributed by atoms with Gasteiger partial charge in [0.2, 0.25) is 0 Å². The van der Waals surface area contributed by atoms with Crippen LogP contribution in [0.1, 0.15) is 27.0 Å². The van der Waals surface area contributed by atoms with Crippen molar-refractivity contribution in [2.45, 2.75) is 24.5 Å². The predicted octanol–water partition coefficient (Wildman–Crippen LogP) is 4.84. The van der Waals surface area contributed by atoms with Crippen LogP contribution < -0.4 is 9.62 Å². The highest BCUT2D eigenvalue weighted by molar-refractivity contribution is 7.92. The Bertz CT molecular complexity index is 1510. The van der Waals surface area contributed by atoms with Crippen LogP contribution >= 0.6 is 0 Å². The third kappa shape index (κ3) is 6.96. The maximum atomic E-state index is 13.5. The minimum atomic E-state index is -3.79. The van der Waals surface area contributed by atoms with E-state index >= 15 is 0 Å². The SMILES string of the molecule is O=C(NCc1cccc(CN2CCOCC2)c1)c1ccc(CN(c2ccccc2)S(=O)(=O)c2ccccc2)cc1. The minimum Gasteiger partial charge on any atom is -0.379 e. The Kier molecular flexibility index (Phi) is 8.91. The van der Waals surface area contributed by atoms with Gasteiger partial charge in [0.05, 0.1) is 30.3 Å². The number of amides is 1. The van der Waals surface area contributed by atoms with Crippen molar-refractivity contribution in [3.8, 4) is 0 Å². The molecule has 1 aliphatic rings. The van der Waals surface area contributed by atoms with E-state index in [1.807, 2.05) is 30.3 Å². The lowest BCUT2D eigenvalue weighted by Crippen LogP contribution is -2.35. The number of anilines is 1. The van der Waals surface area contributed by atoms with Gasteiger partial charge in [0.15, 0.2) is 0 Å². The first-order valence-electron chi connectivity index (χ1n) is 13.4. The summed E-state index contributed by atoms with van der Waals surface area (Å²) < 4.78 is 33.9. The summed E-state index contributed by atoms with van der Waals surface area (Å²) in [5.41, 5.74) is 4.12. The van der Waals surface area contributed by atoms with Gasteiger partial charge in [0.25, 0.3) is 15.9 Å². The molecule has 0 unspecified atom stereocenters. The first-order chi connectivity index (χ1) is 19.5. The van der Waals surface area contributed by atoms with Crippen LogP contribution in [0.15, 0.2) is 114 Å². The molecule has 0 saturated carbocycles. The van der Waals surface area contributed by atoms with Crippen LogP contribution in [0.25, 0.3) is 0 Å². The normalized spacial score (nSPS) is 14.0. The van der Waals surface area contributed by atoms with Crippen molar-refractivity contribution in [1.82, 2.24) is 10.2 Å². The Morgan fingerprint density at radius 1 is 0.775 bits per heavy atom. The van der Waals surface area contributed by atoms with Crippen molar-refractivity contribution < 1.29 is 17.9 Å². The van der Waals surface area contributed by atoms with Crippen LogP contribution in [0.2, 0.25) is 0 Å². The molecule has 1 fully saturated rings. The number of carbonyl (C=O) groups excluding carboxylic acids is 1. The highest BCUT2D eigenvalue weighted by Crippen LogP contribution is 2.26. The summed E-state index contributed by atoms with van der Waals surface area (Å²) in [6, 6.07) is 32.8. The molecule has 0 spiro atoms. The highest BCUT2D eigenvalue weighted by Gasteiger charge is 2.25. The fourth-order valence-electron chi connectivity index (χ4n) is 4.70. The van der Waals surface area contributed by atoms with E-state index in [1.54, 1.807) is 66.7 Å². The number of rotatable bonds is 10. The Morgan fingerprint density at radius 2 is 1.43 bits per heavy atom. The average molecular weight is 556 g/mol. The van der Waals surface area contributed by atoms with Crippen molar-refractivity contribution in [1.29, 1.82) is 0 Å². The lowest BCUT2D eigenvalue weighted by Gasteiger charge is -2.26. The molecule has 1 heterocycles. The minimum absolute atomic E-state index is 0.138. The number of morpholine rings is 1. The van der Waals surface area contributed by atoms with Gasteiger partial charge in [0, 0.05) is 31.7 Å². The zero-order valence-corrected chi connectivity index (χ0v) is 23.1. The quantitative estimate of drug-likeness (QED) is 0.303. The Balaban J connectivity index is 1.24. The number of nitrogens with one attached hydrogen (secondary N) is 1. The lowest BCUT2D eigenvalue weighted by atomic mass is 10.1. The maximum absolute atomic E-state index is 13.5. The molecule has 4 aromatic rings. The van der Waals surface area contributed by atoms with Crippen LogP contribution in [0.4, 0.5) is 5.69 Å². The van der Waals surface area contributed by atoms with Gasteiger partial charge in [-0.3, -0.25) is 14.0 Å². The molecule has 40 heavy (non-hydrogen) atoms. The van der Waals surface area contributed by atoms with E-state index in [-0.39, 0.29) is 17.3 Å². The molecule has 8 heteroatoms. The first kappa shape index (κ1) is 27.6. The largest absolute Gasteiger partial charge is 0.379 e. The summed E-state index contributed by atoms with van der Waals surface area (Å²) in [4.78, 5) is 15.5. The molecule has 1 aliphatic heterocycles. The van der Waals surface area contributed by atoms with E-state index in [0.717, 1.165) is 44.0 Å². The van der Waals surface area contributed by atoms with Gasteiger partial charge >= 0.3 is 0 Å². The second-order valence-corrected chi connectivity index (χ2v) is 11.6. The molecule has 1 amide bonds. The van der Waals surface area contributed by atoms with Gasteiger partial charge in [-0.1, -0.05) is 72.8 Å². The Labute approximate surface area is 236 Å². The average Bonchev–Trinajstić information content (AvgIpc) is 3.00. The Morgan fingerprint density at radius 3 is 2.12 bits per heavy atom. The van der Waals surface area contributed by atoms with Gasteiger partial charge in [-0.25, -0.2) is 8.42 Å². The number of sulfonamides is 1. The standard InChI is InChI=1S/C32H33N3O4S/c36-32(33-23-27-8-7-9-28(22-27)24-34-18-20-39-21-19-34)29-16-14-26(15-17-29)25-35(30-10-3-1-4-11-30)40(37,38)31-12-5-2-6-13-31/h1-17,22H,18-21,23-25H2,(H,33,36). The van der Waals surface area contributed by atoms with Crippen molar-refractivity contribution in [2.75, 3.05) is 30.6 Å². The van der Waals surface area contributed by atoms with Gasteiger partial charge in [-0.05, 0) is 53.1 Å². The molecular weight excluding hydrogens is 522 g/mol. The zero-order valence-electron chi connectivity index (χ0n) is 22.3. The van der Waals surface area contributed by atoms with Crippen molar-refractivity contribution >= 4 is 21.6 Å². The number of ether oxygens (including phenoxy) is 1. The van der Waals surface area contributed by atoms with Crippen molar-refractivity contribution in [2.24, 2.45) is 0 Å². The van der Waals surface area contributed by atoms with Gasteiger partial charge in [-0.2, -0.15) is 0 Å². The number of benzene rings is 4. The first-order valence-corrected chi connectivity index (χ1v) is 14.8. The monoisotopic (exact) mass is 555 g/mol. The molecule has 5 rings (SSSR count). The topological polar surface area (TPSA) is 79.0 Å². The molecule has 1 N–H and O–H groups in total. The van der Waals surface area contributed by atoms with Crippen LogP contribution in [-0.4, -0.2) is 45.5 Å². The van der Waals surface area contributed by atoms with E-state index in [2.05, 4.69) is 22.3 Å². The summed E-state index contributed by atoms with van der Waals surface area (Å²) in [6.07, 6.45) is 0. The summed E-state index contributed by atoms with van der Waals surface area (Å²) in [5.74, 6) is -0.179. The highest BCUT2D eigenvalue weighted by atomic mass is 32.2. The molecule has 0 radical (unpaired) electrons. The zero-order chi connectivity index (χ0) is 27.8. The van der Waals surface area contributed by atoms with Crippen LogP contribution in [0.3, 0.4) is 0 Å². The summed E-state index contributed by atoms with van der Waals surface area (Å²) in [7, 11) is -3.79. The third-order valence-corrected chi connectivity index (χ3v) is 8.66. The molecular formula is C32H33N3O4S. The summed E-state index contributed by atoms with van der Waals surface area (Å²) in [5, 5.41) is 3.00. The Hall–Kier alpha value is -3.98. The molecule has 0 aliphatic carbocycles. The molecule has 7 nitrogen and oxygen atoms in total. The molecule has 4 aromatic carbocycles. The van der Waals surface area contributed by atoms with E-state index in [0.29, 0.717) is 17.8 Å². The van der Waals surface area contributed by atoms with Gasteiger partial charge in [0.1, 0.15) is 0 Å². The number of hydrogen-bond donors (Lipinski definition) is 1. The lowest BCUT2D eigenvalue weighted by molar-refractivity contribution is 0.0342. The molecule has 0 bridgehead atoms. The van der Waals surface area contributed by atoms with Gasteiger partial charge < -0.3 is 10.1 Å². The van der Waals surface area contributed by atoms with E-state index < -0.39 is 10.0 Å². The second kappa shape index (κ2) is 12.9. The van der Waals surface area contributed by atoms with Crippen LogP contribution in [0.5, 0.6) is 0 Å². The number of para-hydroxylation sites is 1. The number of carbonyl (C=O) groups is 1. The molecule has 0 aromatic heterocycles. The molecule has 206 valence electrons. The molecule has 0 atom stereocenters. The second-order valence-electron chi connectivity index (χ2n) is 9.75. The third-order valence-electron chi connectivity index (χ3n) is 6.87. The van der Waals surface area contributed by atoms with E-state index in [1.165, 1.54) is 9.87 Å². The smallest absolute Gasteiger partial charge is 0.264 e. The van der Waals surface area contributed by atoms with Crippen LogP contribution in [0, 0.1) is 0 Å².